The largest absolute Gasteiger partial charge is 0.345 e. The van der Waals surface area contributed by atoms with Crippen molar-refractivity contribution in [3.63, 3.8) is 0 Å². The molecule has 5 rings (SSSR count). The molecule has 1 fully saturated rings. The molecule has 40 heavy (non-hydrogen) atoms. The van der Waals surface area contributed by atoms with Crippen molar-refractivity contribution in [1.29, 1.82) is 0 Å². The van der Waals surface area contributed by atoms with Gasteiger partial charge in [0.2, 0.25) is 5.91 Å². The third-order valence-corrected chi connectivity index (χ3v) is 7.85. The molecular formula is C35H38N4O. The van der Waals surface area contributed by atoms with Crippen LogP contribution in [-0.4, -0.2) is 46.9 Å². The smallest absolute Gasteiger partial charge is 0.247 e. The summed E-state index contributed by atoms with van der Waals surface area (Å²) in [7, 11) is 2.06. The van der Waals surface area contributed by atoms with Crippen LogP contribution in [0.15, 0.2) is 109 Å². The summed E-state index contributed by atoms with van der Waals surface area (Å²) in [5, 5.41) is 0. The van der Waals surface area contributed by atoms with E-state index in [1.54, 1.807) is 18.5 Å². The Morgan fingerprint density at radius 1 is 0.850 bits per heavy atom. The first kappa shape index (κ1) is 27.4. The summed E-state index contributed by atoms with van der Waals surface area (Å²) in [6, 6.07) is 31.6. The van der Waals surface area contributed by atoms with Gasteiger partial charge in [-0.3, -0.25) is 14.7 Å². The Balaban J connectivity index is 1.30. The topological polar surface area (TPSA) is 39.7 Å². The molecule has 2 heterocycles. The summed E-state index contributed by atoms with van der Waals surface area (Å²) in [5.74, 6) is 0.0720. The van der Waals surface area contributed by atoms with Crippen LogP contribution in [-0.2, 0) is 17.9 Å². The molecular weight excluding hydrogens is 492 g/mol. The molecule has 0 saturated carbocycles. The first-order chi connectivity index (χ1) is 19.6. The fourth-order valence-electron chi connectivity index (χ4n) is 5.39. The highest BCUT2D eigenvalue weighted by Gasteiger charge is 2.27. The number of aromatic nitrogens is 1. The molecule has 1 saturated heterocycles. The van der Waals surface area contributed by atoms with E-state index in [1.165, 1.54) is 11.1 Å². The van der Waals surface area contributed by atoms with E-state index in [9.17, 15) is 4.79 Å². The van der Waals surface area contributed by atoms with Gasteiger partial charge in [0.05, 0.1) is 0 Å². The molecule has 4 aromatic rings. The van der Waals surface area contributed by atoms with E-state index in [4.69, 9.17) is 0 Å². The first-order valence-corrected chi connectivity index (χ1v) is 14.1. The van der Waals surface area contributed by atoms with E-state index in [0.717, 1.165) is 55.0 Å². The van der Waals surface area contributed by atoms with Crippen molar-refractivity contribution in [2.75, 3.05) is 25.0 Å². The molecule has 0 unspecified atom stereocenters. The van der Waals surface area contributed by atoms with Gasteiger partial charge in [-0.15, -0.1) is 0 Å². The molecule has 3 aromatic carbocycles. The second-order valence-corrected chi connectivity index (χ2v) is 10.6. The summed E-state index contributed by atoms with van der Waals surface area (Å²) in [4.78, 5) is 24.5. The third kappa shape index (κ3) is 7.04. The van der Waals surface area contributed by atoms with Gasteiger partial charge < -0.3 is 9.80 Å². The van der Waals surface area contributed by atoms with Crippen LogP contribution in [0.2, 0.25) is 0 Å². The average molecular weight is 531 g/mol. The molecule has 0 bridgehead atoms. The van der Waals surface area contributed by atoms with Gasteiger partial charge in [0.15, 0.2) is 0 Å². The Morgan fingerprint density at radius 2 is 1.50 bits per heavy atom. The van der Waals surface area contributed by atoms with Gasteiger partial charge in [-0.05, 0) is 72.4 Å². The number of carbonyl (C=O) groups excluding carboxylic acids is 1. The van der Waals surface area contributed by atoms with E-state index in [2.05, 4.69) is 100 Å². The van der Waals surface area contributed by atoms with Crippen LogP contribution in [0.1, 0.15) is 35.1 Å². The molecule has 0 N–H and O–H groups in total. The lowest BCUT2D eigenvalue weighted by molar-refractivity contribution is -0.130. The minimum atomic E-state index is 0.0720. The van der Waals surface area contributed by atoms with Crippen molar-refractivity contribution in [3.8, 4) is 0 Å². The quantitative estimate of drug-likeness (QED) is 0.222. The van der Waals surface area contributed by atoms with Crippen molar-refractivity contribution >= 4 is 23.4 Å². The van der Waals surface area contributed by atoms with E-state index < -0.39 is 0 Å². The van der Waals surface area contributed by atoms with E-state index in [1.807, 2.05) is 30.3 Å². The summed E-state index contributed by atoms with van der Waals surface area (Å²) >= 11 is 0. The number of hydrogen-bond acceptors (Lipinski definition) is 4. The standard InChI is InChI=1S/C35H38N4O/c1-28-8-6-7-11-31(28)14-17-35(40)39(34-20-24-38(25-21-34)26-29-9-4-3-5-10-29)27-30-12-15-32(16-13-30)37(2)33-18-22-36-23-19-33/h3-19,22-23,34H,20-21,24-27H2,1-2H3/b17-14+. The maximum absolute atomic E-state index is 13.7. The zero-order valence-electron chi connectivity index (χ0n) is 23.5. The number of benzene rings is 3. The number of rotatable bonds is 9. The number of piperidine rings is 1. The highest BCUT2D eigenvalue weighted by molar-refractivity contribution is 5.92. The molecule has 0 aliphatic carbocycles. The Hall–Kier alpha value is -4.22. The Bertz CT molecular complexity index is 1390. The molecule has 1 aliphatic heterocycles. The molecule has 1 aliphatic rings. The second-order valence-electron chi connectivity index (χ2n) is 10.6. The number of aryl methyl sites for hydroxylation is 1. The van der Waals surface area contributed by atoms with Gasteiger partial charge in [-0.2, -0.15) is 0 Å². The van der Waals surface area contributed by atoms with E-state index >= 15 is 0 Å². The molecule has 0 atom stereocenters. The highest BCUT2D eigenvalue weighted by atomic mass is 16.2. The Morgan fingerprint density at radius 3 is 2.20 bits per heavy atom. The normalized spacial score (nSPS) is 14.3. The lowest BCUT2D eigenvalue weighted by Gasteiger charge is -2.38. The minimum absolute atomic E-state index is 0.0720. The lowest BCUT2D eigenvalue weighted by Crippen LogP contribution is -2.46. The van der Waals surface area contributed by atoms with Crippen LogP contribution >= 0.6 is 0 Å². The molecule has 5 nitrogen and oxygen atoms in total. The van der Waals surface area contributed by atoms with Crippen LogP contribution in [0.3, 0.4) is 0 Å². The maximum atomic E-state index is 13.7. The fraction of sp³-hybridized carbons (Fsp3) is 0.257. The summed E-state index contributed by atoms with van der Waals surface area (Å²) < 4.78 is 0. The van der Waals surface area contributed by atoms with Gasteiger partial charge in [0.1, 0.15) is 0 Å². The van der Waals surface area contributed by atoms with Crippen molar-refractivity contribution in [2.24, 2.45) is 0 Å². The van der Waals surface area contributed by atoms with Gasteiger partial charge in [0.25, 0.3) is 0 Å². The van der Waals surface area contributed by atoms with Crippen LogP contribution in [0.5, 0.6) is 0 Å². The second kappa shape index (κ2) is 13.2. The van der Waals surface area contributed by atoms with Gasteiger partial charge >= 0.3 is 0 Å². The molecule has 204 valence electrons. The zero-order chi connectivity index (χ0) is 27.7. The van der Waals surface area contributed by atoms with Gasteiger partial charge in [-0.1, -0.05) is 66.7 Å². The van der Waals surface area contributed by atoms with Crippen molar-refractivity contribution < 1.29 is 4.79 Å². The number of amides is 1. The fourth-order valence-corrected chi connectivity index (χ4v) is 5.39. The molecule has 1 amide bonds. The van der Waals surface area contributed by atoms with Crippen molar-refractivity contribution in [2.45, 2.75) is 38.9 Å². The summed E-state index contributed by atoms with van der Waals surface area (Å²) in [6.45, 7) is 5.61. The predicted molar refractivity (Wildman–Crippen MR) is 164 cm³/mol. The Kier molecular flexibility index (Phi) is 9.04. The number of pyridine rings is 1. The van der Waals surface area contributed by atoms with Crippen LogP contribution < -0.4 is 4.90 Å². The number of nitrogens with zero attached hydrogens (tertiary/aromatic N) is 4. The highest BCUT2D eigenvalue weighted by Crippen LogP contribution is 2.25. The van der Waals surface area contributed by atoms with Crippen LogP contribution in [0.25, 0.3) is 6.08 Å². The SMILES string of the molecule is Cc1ccccc1/C=C/C(=O)N(Cc1ccc(N(C)c2ccncc2)cc1)C1CCN(Cc2ccccc2)CC1. The molecule has 5 heteroatoms. The van der Waals surface area contributed by atoms with Gasteiger partial charge in [0, 0.05) is 69.1 Å². The number of likely N-dealkylation sites (tertiary alicyclic amines) is 1. The zero-order valence-corrected chi connectivity index (χ0v) is 23.5. The van der Waals surface area contributed by atoms with E-state index in [0.29, 0.717) is 6.54 Å². The number of carbonyl (C=O) groups is 1. The van der Waals surface area contributed by atoms with Crippen molar-refractivity contribution in [1.82, 2.24) is 14.8 Å². The maximum Gasteiger partial charge on any atom is 0.247 e. The molecule has 0 spiro atoms. The van der Waals surface area contributed by atoms with Crippen molar-refractivity contribution in [3.05, 3.63) is 132 Å². The monoisotopic (exact) mass is 530 g/mol. The van der Waals surface area contributed by atoms with E-state index in [-0.39, 0.29) is 11.9 Å². The van der Waals surface area contributed by atoms with Gasteiger partial charge in [-0.25, -0.2) is 0 Å². The molecule has 0 radical (unpaired) electrons. The first-order valence-electron chi connectivity index (χ1n) is 14.1. The Labute approximate surface area is 238 Å². The minimum Gasteiger partial charge on any atom is -0.345 e. The third-order valence-electron chi connectivity index (χ3n) is 7.85. The number of hydrogen-bond donors (Lipinski definition) is 0. The van der Waals surface area contributed by atoms with Crippen LogP contribution in [0.4, 0.5) is 11.4 Å². The predicted octanol–water partition coefficient (Wildman–Crippen LogP) is 6.86. The molecule has 1 aromatic heterocycles. The average Bonchev–Trinajstić information content (AvgIpc) is 3.01. The van der Waals surface area contributed by atoms with Crippen LogP contribution in [0, 0.1) is 6.92 Å². The summed E-state index contributed by atoms with van der Waals surface area (Å²) in [5.41, 5.74) is 6.91. The number of anilines is 2. The summed E-state index contributed by atoms with van der Waals surface area (Å²) in [6.07, 6.45) is 9.27. The lowest BCUT2D eigenvalue weighted by atomic mass is 10.0.